The third-order valence-corrected chi connectivity index (χ3v) is 3.93. The number of pyridine rings is 1. The number of benzene rings is 1. The van der Waals surface area contributed by atoms with Crippen LogP contribution in [0.15, 0.2) is 36.5 Å². The normalized spacial score (nSPS) is 10.3. The van der Waals surface area contributed by atoms with E-state index in [9.17, 15) is 9.59 Å². The fourth-order valence-corrected chi connectivity index (χ4v) is 2.19. The smallest absolute Gasteiger partial charge is 0.306 e. The Bertz CT molecular complexity index is 766. The summed E-state index contributed by atoms with van der Waals surface area (Å²) in [4.78, 5) is 27.2. The van der Waals surface area contributed by atoms with Crippen LogP contribution in [0.5, 0.6) is 5.75 Å². The zero-order valence-corrected chi connectivity index (χ0v) is 15.6. The molecule has 0 fully saturated rings. The molecule has 0 atom stereocenters. The molecule has 6 nitrogen and oxygen atoms in total. The van der Waals surface area contributed by atoms with Gasteiger partial charge in [0.25, 0.3) is 5.91 Å². The second kappa shape index (κ2) is 9.99. The molecule has 0 bridgehead atoms. The summed E-state index contributed by atoms with van der Waals surface area (Å²) in [7, 11) is 0. The van der Waals surface area contributed by atoms with Crippen molar-refractivity contribution in [3.63, 3.8) is 0 Å². The van der Waals surface area contributed by atoms with E-state index < -0.39 is 11.9 Å². The van der Waals surface area contributed by atoms with Gasteiger partial charge in [-0.3, -0.25) is 9.59 Å². The highest BCUT2D eigenvalue weighted by Gasteiger charge is 2.09. The lowest BCUT2D eigenvalue weighted by molar-refractivity contribution is -0.147. The van der Waals surface area contributed by atoms with E-state index in [1.807, 2.05) is 13.0 Å². The Balaban J connectivity index is 1.61. The van der Waals surface area contributed by atoms with E-state index in [1.165, 1.54) is 6.20 Å². The van der Waals surface area contributed by atoms with Crippen molar-refractivity contribution in [3.8, 4) is 5.75 Å². The van der Waals surface area contributed by atoms with E-state index in [-0.39, 0.29) is 13.0 Å². The molecule has 8 heteroatoms. The van der Waals surface area contributed by atoms with Gasteiger partial charge in [0, 0.05) is 17.6 Å². The molecule has 1 aromatic carbocycles. The third-order valence-electron chi connectivity index (χ3n) is 3.28. The van der Waals surface area contributed by atoms with Gasteiger partial charge >= 0.3 is 5.97 Å². The molecule has 0 aliphatic rings. The van der Waals surface area contributed by atoms with Gasteiger partial charge < -0.3 is 14.8 Å². The fourth-order valence-electron chi connectivity index (χ4n) is 1.96. The molecule has 26 heavy (non-hydrogen) atoms. The van der Waals surface area contributed by atoms with Gasteiger partial charge in [-0.2, -0.15) is 0 Å². The van der Waals surface area contributed by atoms with Gasteiger partial charge in [0.2, 0.25) is 0 Å². The van der Waals surface area contributed by atoms with Crippen LogP contribution in [0.2, 0.25) is 10.0 Å². The summed E-state index contributed by atoms with van der Waals surface area (Å²) in [6.45, 7) is 1.87. The lowest BCUT2D eigenvalue weighted by atomic mass is 10.2. The Kier molecular flexibility index (Phi) is 7.69. The number of hydrogen-bond donors (Lipinski definition) is 1. The number of amides is 1. The first-order valence-corrected chi connectivity index (χ1v) is 8.65. The topological polar surface area (TPSA) is 77.5 Å². The number of carbonyl (C=O) groups is 2. The lowest BCUT2D eigenvalue weighted by Gasteiger charge is -2.08. The molecule has 0 aliphatic carbocycles. The molecule has 1 aromatic heterocycles. The minimum Gasteiger partial charge on any atom is -0.494 e. The van der Waals surface area contributed by atoms with E-state index >= 15 is 0 Å². The summed E-state index contributed by atoms with van der Waals surface area (Å²) in [5.74, 6) is 0.0818. The van der Waals surface area contributed by atoms with Gasteiger partial charge in [0.1, 0.15) is 11.6 Å². The minimum atomic E-state index is -0.472. The zero-order chi connectivity index (χ0) is 18.9. The predicted octanol–water partition coefficient (Wildman–Crippen LogP) is 4.04. The molecule has 0 spiro atoms. The van der Waals surface area contributed by atoms with Crippen LogP contribution in [0.3, 0.4) is 0 Å². The Morgan fingerprint density at radius 3 is 2.69 bits per heavy atom. The van der Waals surface area contributed by atoms with Crippen LogP contribution < -0.4 is 10.1 Å². The van der Waals surface area contributed by atoms with E-state index in [0.29, 0.717) is 34.6 Å². The van der Waals surface area contributed by atoms with Crippen molar-refractivity contribution in [3.05, 3.63) is 52.1 Å². The summed E-state index contributed by atoms with van der Waals surface area (Å²) >= 11 is 11.6. The van der Waals surface area contributed by atoms with Gasteiger partial charge in [0.05, 0.1) is 11.6 Å². The van der Waals surface area contributed by atoms with Gasteiger partial charge in [0.15, 0.2) is 6.61 Å². The average Bonchev–Trinajstić information content (AvgIpc) is 2.62. The van der Waals surface area contributed by atoms with Crippen molar-refractivity contribution in [1.29, 1.82) is 0 Å². The van der Waals surface area contributed by atoms with Crippen molar-refractivity contribution in [2.24, 2.45) is 0 Å². The van der Waals surface area contributed by atoms with Gasteiger partial charge in [-0.05, 0) is 49.2 Å². The molecule has 0 radical (unpaired) electrons. The number of nitrogens with one attached hydrogen (secondary N) is 1. The number of carbonyl (C=O) groups excluding carboxylic acids is 2. The average molecular weight is 397 g/mol. The van der Waals surface area contributed by atoms with E-state index in [4.69, 9.17) is 32.7 Å². The lowest BCUT2D eigenvalue weighted by Crippen LogP contribution is -2.21. The highest BCUT2D eigenvalue weighted by molar-refractivity contribution is 6.31. The van der Waals surface area contributed by atoms with E-state index in [1.54, 1.807) is 24.3 Å². The third kappa shape index (κ3) is 6.90. The van der Waals surface area contributed by atoms with Crippen LogP contribution in [0, 0.1) is 6.92 Å². The monoisotopic (exact) mass is 396 g/mol. The first-order chi connectivity index (χ1) is 12.4. The van der Waals surface area contributed by atoms with Crippen LogP contribution >= 0.6 is 23.2 Å². The van der Waals surface area contributed by atoms with Gasteiger partial charge in [-0.15, -0.1) is 0 Å². The number of anilines is 1. The number of aromatic nitrogens is 1. The molecule has 1 amide bonds. The molecular formula is C18H18Cl2N2O4. The molecule has 2 rings (SSSR count). The Labute approximate surface area is 161 Å². The molecule has 0 saturated carbocycles. The zero-order valence-electron chi connectivity index (χ0n) is 14.1. The van der Waals surface area contributed by atoms with Gasteiger partial charge in [-0.25, -0.2) is 4.98 Å². The number of hydrogen-bond acceptors (Lipinski definition) is 5. The second-order valence-corrected chi connectivity index (χ2v) is 6.28. The van der Waals surface area contributed by atoms with Crippen molar-refractivity contribution in [2.75, 3.05) is 18.5 Å². The summed E-state index contributed by atoms with van der Waals surface area (Å²) in [6, 6.07) is 8.50. The maximum Gasteiger partial charge on any atom is 0.306 e. The van der Waals surface area contributed by atoms with Crippen LogP contribution in [0.4, 0.5) is 5.82 Å². The molecule has 138 valence electrons. The van der Waals surface area contributed by atoms with E-state index in [0.717, 1.165) is 5.56 Å². The Morgan fingerprint density at radius 2 is 2.00 bits per heavy atom. The van der Waals surface area contributed by atoms with Crippen LogP contribution in [-0.4, -0.2) is 30.1 Å². The van der Waals surface area contributed by atoms with Crippen LogP contribution in [0.25, 0.3) is 0 Å². The molecule has 1 heterocycles. The van der Waals surface area contributed by atoms with Crippen molar-refractivity contribution < 1.29 is 19.1 Å². The Hall–Kier alpha value is -2.31. The predicted molar refractivity (Wildman–Crippen MR) is 99.8 cm³/mol. The van der Waals surface area contributed by atoms with Crippen molar-refractivity contribution >= 4 is 40.9 Å². The molecule has 0 saturated heterocycles. The van der Waals surface area contributed by atoms with Crippen LogP contribution in [0.1, 0.15) is 18.4 Å². The van der Waals surface area contributed by atoms with E-state index in [2.05, 4.69) is 10.3 Å². The highest BCUT2D eigenvalue weighted by Crippen LogP contribution is 2.21. The van der Waals surface area contributed by atoms with Crippen LogP contribution in [-0.2, 0) is 14.3 Å². The standard InChI is InChI=1S/C18H18Cl2N2O4/c1-12-9-14(5-6-15(12)20)25-8-2-3-18(24)26-11-17(23)22-16-7-4-13(19)10-21-16/h4-7,9-10H,2-3,8,11H2,1H3,(H,21,22,23). The second-order valence-electron chi connectivity index (χ2n) is 5.43. The molecule has 0 unspecified atom stereocenters. The summed E-state index contributed by atoms with van der Waals surface area (Å²) in [6.07, 6.45) is 2.03. The number of aryl methyl sites for hydroxylation is 1. The molecule has 2 aromatic rings. The van der Waals surface area contributed by atoms with Crippen molar-refractivity contribution in [1.82, 2.24) is 4.98 Å². The SMILES string of the molecule is Cc1cc(OCCCC(=O)OCC(=O)Nc2ccc(Cl)cn2)ccc1Cl. The highest BCUT2D eigenvalue weighted by atomic mass is 35.5. The molecule has 0 aliphatic heterocycles. The Morgan fingerprint density at radius 1 is 1.19 bits per heavy atom. The number of esters is 1. The molecule has 1 N–H and O–H groups in total. The number of halogens is 2. The quantitative estimate of drug-likeness (QED) is 0.538. The number of ether oxygens (including phenoxy) is 2. The number of nitrogens with zero attached hydrogens (tertiary/aromatic N) is 1. The number of rotatable bonds is 8. The first-order valence-electron chi connectivity index (χ1n) is 7.90. The summed E-state index contributed by atoms with van der Waals surface area (Å²) in [5, 5.41) is 3.64. The minimum absolute atomic E-state index is 0.152. The van der Waals surface area contributed by atoms with Crippen molar-refractivity contribution in [2.45, 2.75) is 19.8 Å². The summed E-state index contributed by atoms with van der Waals surface area (Å²) in [5.41, 5.74) is 0.921. The first kappa shape index (κ1) is 20.0. The largest absolute Gasteiger partial charge is 0.494 e. The van der Waals surface area contributed by atoms with Gasteiger partial charge in [-0.1, -0.05) is 23.2 Å². The molecular weight excluding hydrogens is 379 g/mol. The summed E-state index contributed by atoms with van der Waals surface area (Å²) < 4.78 is 10.5. The fraction of sp³-hybridized carbons (Fsp3) is 0.278. The maximum absolute atomic E-state index is 11.7. The maximum atomic E-state index is 11.7.